The summed E-state index contributed by atoms with van der Waals surface area (Å²) in [5.41, 5.74) is 5.86. The molecule has 4 nitrogen and oxygen atoms in total. The zero-order valence-electron chi connectivity index (χ0n) is 12.2. The lowest BCUT2D eigenvalue weighted by molar-refractivity contribution is -0.258. The van der Waals surface area contributed by atoms with E-state index in [9.17, 15) is 0 Å². The van der Waals surface area contributed by atoms with E-state index in [2.05, 4.69) is 20.8 Å². The molecule has 0 amide bonds. The highest BCUT2D eigenvalue weighted by atomic mass is 28.2. The molecule has 0 aliphatic carbocycles. The Hall–Kier alpha value is 0.0569. The minimum atomic E-state index is -0.636. The fraction of sp³-hybridized carbons (Fsp3) is 1.00. The quantitative estimate of drug-likeness (QED) is 0.494. The van der Waals surface area contributed by atoms with Crippen LogP contribution in [0.2, 0.25) is 0 Å². The Morgan fingerprint density at radius 3 is 2.00 bits per heavy atom. The lowest BCUT2D eigenvalue weighted by Gasteiger charge is -2.39. The molecule has 0 aromatic heterocycles. The number of nitrogens with two attached hydrogens (primary N) is 1. The van der Waals surface area contributed by atoms with Crippen molar-refractivity contribution < 1.29 is 13.9 Å². The van der Waals surface area contributed by atoms with Crippen molar-refractivity contribution in [3.05, 3.63) is 0 Å². The average molecular weight is 263 g/mol. The van der Waals surface area contributed by atoms with Gasteiger partial charge in [-0.3, -0.25) is 0 Å². The molecule has 1 atom stereocenters. The molecule has 0 fully saturated rings. The van der Waals surface area contributed by atoms with Gasteiger partial charge >= 0.3 is 0 Å². The molecule has 0 heterocycles. The van der Waals surface area contributed by atoms with E-state index in [1.165, 1.54) is 0 Å². The fourth-order valence-electron chi connectivity index (χ4n) is 1.98. The van der Waals surface area contributed by atoms with Crippen molar-refractivity contribution in [3.8, 4) is 0 Å². The molecule has 0 rings (SSSR count). The van der Waals surface area contributed by atoms with Crippen molar-refractivity contribution in [3.63, 3.8) is 0 Å². The highest BCUT2D eigenvalue weighted by Crippen LogP contribution is 2.32. The van der Waals surface area contributed by atoms with Gasteiger partial charge in [-0.25, -0.2) is 0 Å². The maximum Gasteiger partial charge on any atom is 0.192 e. The van der Waals surface area contributed by atoms with E-state index >= 15 is 0 Å². The standard InChI is InChI=1S/C12H29NO3Si/c1-6-10(16-17)12(14-4,15-5)8-7-11(2,3)9-13/h10H,6-9,13H2,1-5,17H3. The van der Waals surface area contributed by atoms with Gasteiger partial charge < -0.3 is 19.6 Å². The van der Waals surface area contributed by atoms with Gasteiger partial charge in [0.1, 0.15) is 10.5 Å². The third-order valence-electron chi connectivity index (χ3n) is 3.54. The van der Waals surface area contributed by atoms with Crippen LogP contribution >= 0.6 is 0 Å². The Morgan fingerprint density at radius 2 is 1.71 bits per heavy atom. The summed E-state index contributed by atoms with van der Waals surface area (Å²) >= 11 is 0. The topological polar surface area (TPSA) is 53.7 Å². The summed E-state index contributed by atoms with van der Waals surface area (Å²) in [5.74, 6) is -0.636. The molecule has 17 heavy (non-hydrogen) atoms. The predicted molar refractivity (Wildman–Crippen MR) is 73.9 cm³/mol. The Bertz CT molecular complexity index is 204. The minimum Gasteiger partial charge on any atom is -0.420 e. The Kier molecular flexibility index (Phi) is 7.51. The summed E-state index contributed by atoms with van der Waals surface area (Å²) < 4.78 is 16.8. The van der Waals surface area contributed by atoms with Gasteiger partial charge in [-0.1, -0.05) is 20.8 Å². The largest absolute Gasteiger partial charge is 0.420 e. The average Bonchev–Trinajstić information content (AvgIpc) is 2.35. The van der Waals surface area contributed by atoms with Crippen molar-refractivity contribution in [2.75, 3.05) is 20.8 Å². The highest BCUT2D eigenvalue weighted by molar-refractivity contribution is 5.98. The van der Waals surface area contributed by atoms with E-state index in [4.69, 9.17) is 19.6 Å². The maximum absolute atomic E-state index is 5.75. The second-order valence-corrected chi connectivity index (χ2v) is 5.69. The number of hydrogen-bond acceptors (Lipinski definition) is 4. The van der Waals surface area contributed by atoms with Crippen molar-refractivity contribution >= 4 is 10.5 Å². The van der Waals surface area contributed by atoms with Crippen LogP contribution in [0.1, 0.15) is 40.0 Å². The summed E-state index contributed by atoms with van der Waals surface area (Å²) in [6, 6.07) is 0. The van der Waals surface area contributed by atoms with Crippen molar-refractivity contribution in [2.24, 2.45) is 11.1 Å². The van der Waals surface area contributed by atoms with E-state index in [-0.39, 0.29) is 11.5 Å². The van der Waals surface area contributed by atoms with Gasteiger partial charge in [-0.2, -0.15) is 0 Å². The lowest BCUT2D eigenvalue weighted by Crippen LogP contribution is -2.48. The molecule has 2 N–H and O–H groups in total. The number of rotatable bonds is 9. The Morgan fingerprint density at radius 1 is 1.18 bits per heavy atom. The van der Waals surface area contributed by atoms with Gasteiger partial charge in [0.2, 0.25) is 0 Å². The lowest BCUT2D eigenvalue weighted by atomic mass is 9.85. The third-order valence-corrected chi connectivity index (χ3v) is 4.11. The van der Waals surface area contributed by atoms with E-state index in [0.717, 1.165) is 19.3 Å². The molecule has 0 spiro atoms. The molecule has 104 valence electrons. The van der Waals surface area contributed by atoms with E-state index in [0.29, 0.717) is 17.0 Å². The van der Waals surface area contributed by atoms with Crippen LogP contribution in [0.4, 0.5) is 0 Å². The van der Waals surface area contributed by atoms with E-state index in [1.54, 1.807) is 14.2 Å². The summed E-state index contributed by atoms with van der Waals surface area (Å²) in [6.07, 6.45) is 2.63. The molecule has 0 saturated heterocycles. The molecule has 0 aromatic carbocycles. The predicted octanol–water partition coefficient (Wildman–Crippen LogP) is 0.816. The van der Waals surface area contributed by atoms with Crippen LogP contribution < -0.4 is 5.73 Å². The van der Waals surface area contributed by atoms with Crippen molar-refractivity contribution in [1.29, 1.82) is 0 Å². The first kappa shape index (κ1) is 17.1. The molecule has 0 aliphatic rings. The summed E-state index contributed by atoms with van der Waals surface area (Å²) in [7, 11) is 4.05. The third kappa shape index (κ3) is 4.67. The summed E-state index contributed by atoms with van der Waals surface area (Å²) in [6.45, 7) is 7.07. The number of hydrogen-bond donors (Lipinski definition) is 1. The zero-order valence-corrected chi connectivity index (χ0v) is 14.2. The van der Waals surface area contributed by atoms with Crippen LogP contribution in [-0.2, 0) is 13.9 Å². The van der Waals surface area contributed by atoms with Crippen LogP contribution in [0.15, 0.2) is 0 Å². The second-order valence-electron chi connectivity index (χ2n) is 5.22. The molecular weight excluding hydrogens is 234 g/mol. The van der Waals surface area contributed by atoms with Crippen LogP contribution in [0.25, 0.3) is 0 Å². The number of ether oxygens (including phenoxy) is 2. The molecule has 0 bridgehead atoms. The SMILES string of the molecule is CCC(O[SiH3])C(CCC(C)(C)CN)(OC)OC. The van der Waals surface area contributed by atoms with Gasteiger partial charge in [-0.05, 0) is 24.8 Å². The molecule has 0 radical (unpaired) electrons. The van der Waals surface area contributed by atoms with Crippen LogP contribution in [-0.4, -0.2) is 43.1 Å². The van der Waals surface area contributed by atoms with Gasteiger partial charge in [0.05, 0.1) is 6.10 Å². The second kappa shape index (κ2) is 7.48. The summed E-state index contributed by atoms with van der Waals surface area (Å²) in [4.78, 5) is 0. The van der Waals surface area contributed by atoms with Gasteiger partial charge in [-0.15, -0.1) is 0 Å². The first-order chi connectivity index (χ1) is 7.91. The molecule has 0 aliphatic heterocycles. The fourth-order valence-corrected chi connectivity index (χ4v) is 2.68. The normalized spacial score (nSPS) is 15.2. The molecule has 1 unspecified atom stereocenters. The van der Waals surface area contributed by atoms with E-state index < -0.39 is 5.79 Å². The monoisotopic (exact) mass is 263 g/mol. The molecule has 0 saturated carbocycles. The zero-order chi connectivity index (χ0) is 13.5. The Labute approximate surface area is 109 Å². The number of methoxy groups -OCH3 is 2. The first-order valence-electron chi connectivity index (χ1n) is 6.24. The first-order valence-corrected chi connectivity index (χ1v) is 7.06. The van der Waals surface area contributed by atoms with Crippen molar-refractivity contribution in [1.82, 2.24) is 0 Å². The molecule has 5 heteroatoms. The van der Waals surface area contributed by atoms with Crippen molar-refractivity contribution in [2.45, 2.75) is 51.9 Å². The smallest absolute Gasteiger partial charge is 0.192 e. The van der Waals surface area contributed by atoms with Gasteiger partial charge in [0.15, 0.2) is 5.79 Å². The molecule has 0 aromatic rings. The van der Waals surface area contributed by atoms with Crippen LogP contribution in [0, 0.1) is 5.41 Å². The van der Waals surface area contributed by atoms with Crippen LogP contribution in [0.5, 0.6) is 0 Å². The van der Waals surface area contributed by atoms with Gasteiger partial charge in [0, 0.05) is 20.6 Å². The highest BCUT2D eigenvalue weighted by Gasteiger charge is 2.39. The van der Waals surface area contributed by atoms with Gasteiger partial charge in [0.25, 0.3) is 0 Å². The van der Waals surface area contributed by atoms with Crippen LogP contribution in [0.3, 0.4) is 0 Å². The van der Waals surface area contributed by atoms with E-state index in [1.807, 2.05) is 0 Å². The maximum atomic E-state index is 5.75. The molecular formula is C12H29NO3Si. The Balaban J connectivity index is 4.72. The summed E-state index contributed by atoms with van der Waals surface area (Å²) in [5, 5.41) is 0. The minimum absolute atomic E-state index is 0.00209.